The number of methoxy groups -OCH3 is 1. The van der Waals surface area contributed by atoms with Crippen LogP contribution < -0.4 is 25.0 Å². The van der Waals surface area contributed by atoms with E-state index in [1.807, 2.05) is 60.7 Å². The predicted octanol–water partition coefficient (Wildman–Crippen LogP) is 4.36. The third-order valence-corrected chi connectivity index (χ3v) is 5.17. The van der Waals surface area contributed by atoms with E-state index in [1.165, 1.54) is 0 Å². The number of hydrogen-bond acceptors (Lipinski definition) is 6. The topological polar surface area (TPSA) is 71.5 Å². The highest BCUT2D eigenvalue weighted by Crippen LogP contribution is 2.26. The van der Waals surface area contributed by atoms with Crippen molar-refractivity contribution in [2.45, 2.75) is 19.4 Å². The first-order valence-electron chi connectivity index (χ1n) is 10.2. The minimum atomic E-state index is 0.405. The fourth-order valence-electron chi connectivity index (χ4n) is 3.31. The van der Waals surface area contributed by atoms with E-state index in [2.05, 4.69) is 25.5 Å². The third kappa shape index (κ3) is 5.82. The number of nitrogens with zero attached hydrogens (tertiary/aromatic N) is 3. The SMILES string of the molecule is COc1ccc(CNC(=S)Nc2nc(Oc3ccccc3)cc(N3CCCC3)n2)cc1. The molecule has 1 aliphatic rings. The van der Waals surface area contributed by atoms with Gasteiger partial charge in [0.15, 0.2) is 5.11 Å². The van der Waals surface area contributed by atoms with Crippen molar-refractivity contribution < 1.29 is 9.47 Å². The zero-order valence-electron chi connectivity index (χ0n) is 17.4. The van der Waals surface area contributed by atoms with Gasteiger partial charge in [-0.3, -0.25) is 0 Å². The summed E-state index contributed by atoms with van der Waals surface area (Å²) in [5, 5.41) is 6.72. The Morgan fingerprint density at radius 2 is 1.74 bits per heavy atom. The molecule has 2 heterocycles. The van der Waals surface area contributed by atoms with Crippen molar-refractivity contribution in [1.29, 1.82) is 0 Å². The van der Waals surface area contributed by atoms with Crippen molar-refractivity contribution in [1.82, 2.24) is 15.3 Å². The summed E-state index contributed by atoms with van der Waals surface area (Å²) in [6.07, 6.45) is 2.31. The van der Waals surface area contributed by atoms with Crippen LogP contribution in [0.4, 0.5) is 11.8 Å². The number of aromatic nitrogens is 2. The van der Waals surface area contributed by atoms with E-state index in [9.17, 15) is 0 Å². The van der Waals surface area contributed by atoms with Crippen LogP contribution >= 0.6 is 12.2 Å². The van der Waals surface area contributed by atoms with Crippen LogP contribution in [0, 0.1) is 0 Å². The van der Waals surface area contributed by atoms with Gasteiger partial charge in [0.05, 0.1) is 7.11 Å². The minimum Gasteiger partial charge on any atom is -0.497 e. The molecule has 0 unspecified atom stereocenters. The molecule has 1 aliphatic heterocycles. The van der Waals surface area contributed by atoms with Crippen molar-refractivity contribution in [2.75, 3.05) is 30.4 Å². The van der Waals surface area contributed by atoms with Gasteiger partial charge in [0.2, 0.25) is 11.8 Å². The van der Waals surface area contributed by atoms with E-state index in [-0.39, 0.29) is 0 Å². The monoisotopic (exact) mass is 435 g/mol. The Labute approximate surface area is 187 Å². The van der Waals surface area contributed by atoms with Gasteiger partial charge in [-0.2, -0.15) is 9.97 Å². The fourth-order valence-corrected chi connectivity index (χ4v) is 3.47. The van der Waals surface area contributed by atoms with Crippen LogP contribution in [0.25, 0.3) is 0 Å². The van der Waals surface area contributed by atoms with Crippen LogP contribution in [0.1, 0.15) is 18.4 Å². The molecule has 31 heavy (non-hydrogen) atoms. The van der Waals surface area contributed by atoms with E-state index in [0.29, 0.717) is 23.5 Å². The van der Waals surface area contributed by atoms with Gasteiger partial charge in [-0.1, -0.05) is 30.3 Å². The average Bonchev–Trinajstić information content (AvgIpc) is 3.34. The van der Waals surface area contributed by atoms with Crippen molar-refractivity contribution in [3.63, 3.8) is 0 Å². The summed E-state index contributed by atoms with van der Waals surface area (Å²) in [5.74, 6) is 3.26. The lowest BCUT2D eigenvalue weighted by Gasteiger charge is -2.18. The number of hydrogen-bond donors (Lipinski definition) is 2. The van der Waals surface area contributed by atoms with Gasteiger partial charge in [-0.15, -0.1) is 0 Å². The predicted molar refractivity (Wildman–Crippen MR) is 126 cm³/mol. The number of nitrogens with one attached hydrogen (secondary N) is 2. The molecule has 1 aromatic heterocycles. The number of anilines is 2. The molecule has 4 rings (SSSR count). The molecule has 0 amide bonds. The van der Waals surface area contributed by atoms with Crippen LogP contribution in [-0.2, 0) is 6.54 Å². The highest BCUT2D eigenvalue weighted by Gasteiger charge is 2.17. The van der Waals surface area contributed by atoms with Crippen LogP contribution in [0.2, 0.25) is 0 Å². The minimum absolute atomic E-state index is 0.405. The molecule has 0 aliphatic carbocycles. The van der Waals surface area contributed by atoms with Gasteiger partial charge in [-0.05, 0) is 54.9 Å². The van der Waals surface area contributed by atoms with Crippen LogP contribution in [0.3, 0.4) is 0 Å². The average molecular weight is 436 g/mol. The van der Waals surface area contributed by atoms with Gasteiger partial charge in [0.25, 0.3) is 0 Å². The zero-order chi connectivity index (χ0) is 21.5. The molecule has 8 heteroatoms. The van der Waals surface area contributed by atoms with E-state index < -0.39 is 0 Å². The van der Waals surface area contributed by atoms with Gasteiger partial charge in [0.1, 0.15) is 17.3 Å². The molecule has 160 valence electrons. The molecule has 0 spiro atoms. The molecule has 0 bridgehead atoms. The number of thiocarbonyl (C=S) groups is 1. The molecule has 7 nitrogen and oxygen atoms in total. The highest BCUT2D eigenvalue weighted by molar-refractivity contribution is 7.80. The standard InChI is InChI=1S/C23H25N5O2S/c1-29-18-11-9-17(10-12-18)16-24-23(31)27-22-25-20(28-13-5-6-14-28)15-21(26-22)30-19-7-3-2-4-8-19/h2-4,7-12,15H,5-6,13-14,16H2,1H3,(H2,24,25,26,27,31). The van der Waals surface area contributed by atoms with Gasteiger partial charge in [-0.25, -0.2) is 0 Å². The van der Waals surface area contributed by atoms with E-state index >= 15 is 0 Å². The second-order valence-corrected chi connectivity index (χ2v) is 7.56. The van der Waals surface area contributed by atoms with Gasteiger partial charge >= 0.3 is 0 Å². The van der Waals surface area contributed by atoms with Crippen molar-refractivity contribution >= 4 is 29.1 Å². The molecule has 0 atom stereocenters. The Kier molecular flexibility index (Phi) is 6.78. The molecule has 2 aromatic carbocycles. The first-order valence-corrected chi connectivity index (χ1v) is 10.6. The molecular weight excluding hydrogens is 410 g/mol. The van der Waals surface area contributed by atoms with E-state index in [0.717, 1.165) is 48.8 Å². The Hall–Kier alpha value is -3.39. The van der Waals surface area contributed by atoms with Crippen molar-refractivity contribution in [2.24, 2.45) is 0 Å². The van der Waals surface area contributed by atoms with E-state index in [4.69, 9.17) is 21.7 Å². The Balaban J connectivity index is 1.45. The van der Waals surface area contributed by atoms with Gasteiger partial charge < -0.3 is 25.0 Å². The number of benzene rings is 2. The molecule has 2 N–H and O–H groups in total. The number of ether oxygens (including phenoxy) is 2. The van der Waals surface area contributed by atoms with Crippen LogP contribution in [0.5, 0.6) is 17.4 Å². The summed E-state index contributed by atoms with van der Waals surface area (Å²) in [6.45, 7) is 2.53. The van der Waals surface area contributed by atoms with Crippen molar-refractivity contribution in [3.05, 3.63) is 66.2 Å². The second kappa shape index (κ2) is 10.1. The van der Waals surface area contributed by atoms with E-state index in [1.54, 1.807) is 7.11 Å². The zero-order valence-corrected chi connectivity index (χ0v) is 18.2. The molecule has 3 aromatic rings. The largest absolute Gasteiger partial charge is 0.497 e. The molecule has 0 saturated carbocycles. The first kappa shape index (κ1) is 20.9. The molecule has 1 saturated heterocycles. The lowest BCUT2D eigenvalue weighted by Crippen LogP contribution is -2.29. The maximum atomic E-state index is 5.96. The lowest BCUT2D eigenvalue weighted by atomic mass is 10.2. The van der Waals surface area contributed by atoms with Crippen LogP contribution in [0.15, 0.2) is 60.7 Å². The third-order valence-electron chi connectivity index (χ3n) is 4.92. The molecule has 0 radical (unpaired) electrons. The summed E-state index contributed by atoms with van der Waals surface area (Å²) < 4.78 is 11.1. The normalized spacial score (nSPS) is 13.0. The maximum absolute atomic E-state index is 5.96. The Bertz CT molecular complexity index is 1010. The van der Waals surface area contributed by atoms with Gasteiger partial charge in [0, 0.05) is 25.7 Å². The summed E-state index contributed by atoms with van der Waals surface area (Å²) >= 11 is 5.45. The first-order chi connectivity index (χ1) is 15.2. The van der Waals surface area contributed by atoms with Crippen molar-refractivity contribution in [3.8, 4) is 17.4 Å². The number of rotatable bonds is 7. The van der Waals surface area contributed by atoms with Crippen LogP contribution in [-0.4, -0.2) is 35.3 Å². The summed E-state index contributed by atoms with van der Waals surface area (Å²) in [4.78, 5) is 11.4. The summed E-state index contributed by atoms with van der Waals surface area (Å²) in [7, 11) is 1.65. The summed E-state index contributed by atoms with van der Waals surface area (Å²) in [5.41, 5.74) is 1.09. The quantitative estimate of drug-likeness (QED) is 0.531. The highest BCUT2D eigenvalue weighted by atomic mass is 32.1. The molecule has 1 fully saturated rings. The number of para-hydroxylation sites is 1. The molecular formula is C23H25N5O2S. The second-order valence-electron chi connectivity index (χ2n) is 7.15. The smallest absolute Gasteiger partial charge is 0.234 e. The Morgan fingerprint density at radius 1 is 1.00 bits per heavy atom. The lowest BCUT2D eigenvalue weighted by molar-refractivity contribution is 0.414. The maximum Gasteiger partial charge on any atom is 0.234 e. The fraction of sp³-hybridized carbons (Fsp3) is 0.261. The summed E-state index contributed by atoms with van der Waals surface area (Å²) in [6, 6.07) is 19.3. The Morgan fingerprint density at radius 3 is 2.45 bits per heavy atom.